The maximum atomic E-state index is 12.4. The molecule has 2 N–H and O–H groups in total. The third kappa shape index (κ3) is 4.65. The van der Waals surface area contributed by atoms with Crippen LogP contribution in [0.25, 0.3) is 11.4 Å². The lowest BCUT2D eigenvalue weighted by atomic mass is 10.1. The number of carbonyl (C=O) groups excluding carboxylic acids is 1. The molecule has 4 aromatic rings. The van der Waals surface area contributed by atoms with Gasteiger partial charge < -0.3 is 10.6 Å². The van der Waals surface area contributed by atoms with Crippen LogP contribution < -0.4 is 10.6 Å². The molecule has 0 unspecified atom stereocenters. The van der Waals surface area contributed by atoms with E-state index >= 15 is 0 Å². The van der Waals surface area contributed by atoms with Crippen molar-refractivity contribution < 1.29 is 4.79 Å². The molecule has 1 aromatic heterocycles. The molecule has 1 amide bonds. The lowest BCUT2D eigenvalue weighted by Gasteiger charge is -2.09. The number of aryl methyl sites for hydroxylation is 1. The molecule has 5 nitrogen and oxygen atoms in total. The minimum Gasteiger partial charge on any atom is -0.340 e. The Bertz CT molecular complexity index is 1110. The van der Waals surface area contributed by atoms with Gasteiger partial charge in [0.25, 0.3) is 5.91 Å². The second kappa shape index (κ2) is 8.35. The highest BCUT2D eigenvalue weighted by Crippen LogP contribution is 2.20. The fourth-order valence-corrected chi connectivity index (χ4v) is 2.85. The predicted octanol–water partition coefficient (Wildman–Crippen LogP) is 5.45. The van der Waals surface area contributed by atoms with Crippen molar-refractivity contribution in [1.82, 2.24) is 9.97 Å². The molecule has 0 aliphatic heterocycles. The van der Waals surface area contributed by atoms with Gasteiger partial charge in [-0.3, -0.25) is 4.79 Å². The Morgan fingerprint density at radius 1 is 0.793 bits per heavy atom. The molecular weight excluding hydrogens is 360 g/mol. The van der Waals surface area contributed by atoms with E-state index in [0.717, 1.165) is 16.9 Å². The van der Waals surface area contributed by atoms with Crippen molar-refractivity contribution in [2.75, 3.05) is 10.6 Å². The van der Waals surface area contributed by atoms with Crippen LogP contribution in [0, 0.1) is 6.92 Å². The number of aromatic nitrogens is 2. The Morgan fingerprint density at radius 3 is 2.24 bits per heavy atom. The molecule has 0 spiro atoms. The van der Waals surface area contributed by atoms with E-state index in [1.165, 1.54) is 5.56 Å². The molecule has 142 valence electrons. The van der Waals surface area contributed by atoms with E-state index < -0.39 is 0 Å². The number of hydrogen-bond donors (Lipinski definition) is 2. The lowest BCUT2D eigenvalue weighted by Crippen LogP contribution is -2.11. The van der Waals surface area contributed by atoms with Crippen LogP contribution in [0.3, 0.4) is 0 Å². The first-order chi connectivity index (χ1) is 14.2. The van der Waals surface area contributed by atoms with Gasteiger partial charge in [0.05, 0.1) is 0 Å². The summed E-state index contributed by atoms with van der Waals surface area (Å²) >= 11 is 0. The van der Waals surface area contributed by atoms with E-state index in [4.69, 9.17) is 0 Å². The molecule has 0 fully saturated rings. The zero-order valence-corrected chi connectivity index (χ0v) is 16.0. The molecule has 29 heavy (non-hydrogen) atoms. The van der Waals surface area contributed by atoms with E-state index in [0.29, 0.717) is 17.2 Å². The Balaban J connectivity index is 1.45. The molecule has 0 radical (unpaired) electrons. The smallest absolute Gasteiger partial charge is 0.255 e. The molecule has 5 heteroatoms. The van der Waals surface area contributed by atoms with Gasteiger partial charge in [0.1, 0.15) is 5.82 Å². The highest BCUT2D eigenvalue weighted by atomic mass is 16.1. The maximum Gasteiger partial charge on any atom is 0.255 e. The third-order valence-corrected chi connectivity index (χ3v) is 4.42. The van der Waals surface area contributed by atoms with Crippen LogP contribution in [0.4, 0.5) is 17.2 Å². The SMILES string of the molecule is Cc1ccc(-c2nccc(Nc3ccc(C(=O)Nc4ccccc4)cc3)n2)cc1. The van der Waals surface area contributed by atoms with E-state index in [1.54, 1.807) is 18.3 Å². The number of nitrogens with one attached hydrogen (secondary N) is 2. The van der Waals surface area contributed by atoms with Crippen LogP contribution in [-0.2, 0) is 0 Å². The van der Waals surface area contributed by atoms with Crippen molar-refractivity contribution in [3.63, 3.8) is 0 Å². The molecule has 0 aliphatic rings. The predicted molar refractivity (Wildman–Crippen MR) is 116 cm³/mol. The summed E-state index contributed by atoms with van der Waals surface area (Å²) < 4.78 is 0. The minimum atomic E-state index is -0.147. The van der Waals surface area contributed by atoms with Crippen molar-refractivity contribution in [2.45, 2.75) is 6.92 Å². The first kappa shape index (κ1) is 18.4. The van der Waals surface area contributed by atoms with Crippen LogP contribution in [0.1, 0.15) is 15.9 Å². The Kier molecular flexibility index (Phi) is 5.29. The molecule has 0 bridgehead atoms. The van der Waals surface area contributed by atoms with Crippen molar-refractivity contribution in [1.29, 1.82) is 0 Å². The number of anilines is 3. The van der Waals surface area contributed by atoms with Gasteiger partial charge in [-0.25, -0.2) is 9.97 Å². The first-order valence-electron chi connectivity index (χ1n) is 9.31. The summed E-state index contributed by atoms with van der Waals surface area (Å²) in [5.74, 6) is 1.21. The van der Waals surface area contributed by atoms with Crippen LogP contribution in [-0.4, -0.2) is 15.9 Å². The average molecular weight is 380 g/mol. The van der Waals surface area contributed by atoms with Crippen LogP contribution in [0.5, 0.6) is 0 Å². The first-order valence-corrected chi connectivity index (χ1v) is 9.31. The quantitative estimate of drug-likeness (QED) is 0.483. The van der Waals surface area contributed by atoms with Gasteiger partial charge in [0.2, 0.25) is 0 Å². The van der Waals surface area contributed by atoms with Gasteiger partial charge in [-0.1, -0.05) is 48.0 Å². The normalized spacial score (nSPS) is 10.4. The van der Waals surface area contributed by atoms with E-state index in [-0.39, 0.29) is 5.91 Å². The van der Waals surface area contributed by atoms with Gasteiger partial charge in [0.15, 0.2) is 5.82 Å². The largest absolute Gasteiger partial charge is 0.340 e. The molecule has 0 atom stereocenters. The van der Waals surface area contributed by atoms with Crippen LogP contribution in [0.2, 0.25) is 0 Å². The molecule has 3 aromatic carbocycles. The zero-order chi connectivity index (χ0) is 20.1. The van der Waals surface area contributed by atoms with Crippen LogP contribution in [0.15, 0.2) is 91.1 Å². The van der Waals surface area contributed by atoms with E-state index in [2.05, 4.69) is 20.6 Å². The molecular formula is C24H20N4O. The summed E-state index contributed by atoms with van der Waals surface area (Å²) in [5.41, 5.74) is 4.35. The second-order valence-electron chi connectivity index (χ2n) is 6.65. The summed E-state index contributed by atoms with van der Waals surface area (Å²) in [4.78, 5) is 21.3. The fourth-order valence-electron chi connectivity index (χ4n) is 2.85. The van der Waals surface area contributed by atoms with Crippen molar-refractivity contribution in [3.8, 4) is 11.4 Å². The summed E-state index contributed by atoms with van der Waals surface area (Å²) in [6, 6.07) is 26.6. The highest BCUT2D eigenvalue weighted by molar-refractivity contribution is 6.04. The maximum absolute atomic E-state index is 12.4. The zero-order valence-electron chi connectivity index (χ0n) is 16.0. The van der Waals surface area contributed by atoms with Gasteiger partial charge in [0, 0.05) is 28.7 Å². The fraction of sp³-hybridized carbons (Fsp3) is 0.0417. The standard InChI is InChI=1S/C24H20N4O/c1-17-7-9-18(10-8-17)23-25-16-15-22(28-23)26-21-13-11-19(12-14-21)24(29)27-20-5-3-2-4-6-20/h2-16H,1H3,(H,27,29)(H,25,26,28). The van der Waals surface area contributed by atoms with Crippen molar-refractivity contribution >= 4 is 23.1 Å². The van der Waals surface area contributed by atoms with Gasteiger partial charge in [-0.05, 0) is 49.4 Å². The number of para-hydroxylation sites is 1. The summed E-state index contributed by atoms with van der Waals surface area (Å²) in [7, 11) is 0. The average Bonchev–Trinajstić information content (AvgIpc) is 2.76. The van der Waals surface area contributed by atoms with Crippen molar-refractivity contribution in [2.24, 2.45) is 0 Å². The number of rotatable bonds is 5. The van der Waals surface area contributed by atoms with E-state index in [9.17, 15) is 4.79 Å². The summed E-state index contributed by atoms with van der Waals surface area (Å²) in [6.07, 6.45) is 1.73. The summed E-state index contributed by atoms with van der Waals surface area (Å²) in [6.45, 7) is 2.05. The van der Waals surface area contributed by atoms with Gasteiger partial charge in [-0.2, -0.15) is 0 Å². The van der Waals surface area contributed by atoms with Crippen LogP contribution >= 0.6 is 0 Å². The lowest BCUT2D eigenvalue weighted by molar-refractivity contribution is 0.102. The minimum absolute atomic E-state index is 0.147. The number of hydrogen-bond acceptors (Lipinski definition) is 4. The number of benzene rings is 3. The molecule has 0 aliphatic carbocycles. The topological polar surface area (TPSA) is 66.9 Å². The Labute approximate surface area is 169 Å². The second-order valence-corrected chi connectivity index (χ2v) is 6.65. The number of nitrogens with zero attached hydrogens (tertiary/aromatic N) is 2. The highest BCUT2D eigenvalue weighted by Gasteiger charge is 2.07. The third-order valence-electron chi connectivity index (χ3n) is 4.42. The van der Waals surface area contributed by atoms with Crippen molar-refractivity contribution in [3.05, 3.63) is 102 Å². The molecule has 1 heterocycles. The monoisotopic (exact) mass is 380 g/mol. The number of carbonyl (C=O) groups is 1. The Morgan fingerprint density at radius 2 is 1.52 bits per heavy atom. The molecule has 0 saturated heterocycles. The number of amides is 1. The molecule has 4 rings (SSSR count). The van der Waals surface area contributed by atoms with E-state index in [1.807, 2.05) is 79.7 Å². The molecule has 0 saturated carbocycles. The van der Waals surface area contributed by atoms with Gasteiger partial charge >= 0.3 is 0 Å². The Hall–Kier alpha value is -3.99. The van der Waals surface area contributed by atoms with Gasteiger partial charge in [-0.15, -0.1) is 0 Å². The summed E-state index contributed by atoms with van der Waals surface area (Å²) in [5, 5.41) is 6.14.